The summed E-state index contributed by atoms with van der Waals surface area (Å²) in [6.45, 7) is 2.03. The minimum atomic E-state index is -0.447. The first kappa shape index (κ1) is 13.3. The Kier molecular flexibility index (Phi) is 4.42. The van der Waals surface area contributed by atoms with Crippen molar-refractivity contribution in [3.05, 3.63) is 54.6 Å². The van der Waals surface area contributed by atoms with E-state index >= 15 is 0 Å². The van der Waals surface area contributed by atoms with Crippen LogP contribution in [0.25, 0.3) is 0 Å². The lowest BCUT2D eigenvalue weighted by molar-refractivity contribution is 0.179. The van der Waals surface area contributed by atoms with Crippen molar-refractivity contribution in [1.82, 2.24) is 0 Å². The fourth-order valence-electron chi connectivity index (χ4n) is 1.73. The summed E-state index contributed by atoms with van der Waals surface area (Å²) < 4.78 is 2.09. The number of halogens is 2. The molecule has 1 nitrogen and oxygen atoms in total. The molecule has 4 heteroatoms. The molecule has 1 atom stereocenters. The summed E-state index contributed by atoms with van der Waals surface area (Å²) >= 11 is 8.54. The van der Waals surface area contributed by atoms with Crippen molar-refractivity contribution in [2.24, 2.45) is 0 Å². The molecule has 0 aliphatic heterocycles. The van der Waals surface area contributed by atoms with Crippen LogP contribution >= 0.6 is 43.2 Å². The summed E-state index contributed by atoms with van der Waals surface area (Å²) in [6, 6.07) is 8.09. The molecule has 2 aromatic rings. The highest BCUT2D eigenvalue weighted by atomic mass is 79.9. The van der Waals surface area contributed by atoms with Gasteiger partial charge in [-0.15, -0.1) is 11.3 Å². The van der Waals surface area contributed by atoms with Crippen molar-refractivity contribution >= 4 is 43.2 Å². The number of aliphatic hydroxyl groups excluding tert-OH is 1. The van der Waals surface area contributed by atoms with Gasteiger partial charge < -0.3 is 5.11 Å². The van der Waals surface area contributed by atoms with Gasteiger partial charge in [0.15, 0.2) is 0 Å². The zero-order valence-corrected chi connectivity index (χ0v) is 13.3. The molecule has 1 unspecified atom stereocenters. The largest absolute Gasteiger partial charge is 0.388 e. The Bertz CT molecular complexity index is 502. The van der Waals surface area contributed by atoms with Gasteiger partial charge in [-0.2, -0.15) is 0 Å². The third-order valence-corrected chi connectivity index (χ3v) is 4.64. The van der Waals surface area contributed by atoms with Gasteiger partial charge >= 0.3 is 0 Å². The van der Waals surface area contributed by atoms with Crippen LogP contribution in [0.5, 0.6) is 0 Å². The van der Waals surface area contributed by atoms with E-state index in [1.54, 1.807) is 11.3 Å². The molecule has 2 rings (SSSR count). The van der Waals surface area contributed by atoms with Gasteiger partial charge in [0.05, 0.1) is 6.10 Å². The van der Waals surface area contributed by atoms with Gasteiger partial charge in [-0.05, 0) is 52.2 Å². The Balaban J connectivity index is 2.16. The Hall–Kier alpha value is -0.160. The van der Waals surface area contributed by atoms with Gasteiger partial charge in [0.2, 0.25) is 0 Å². The highest BCUT2D eigenvalue weighted by molar-refractivity contribution is 9.10. The summed E-state index contributed by atoms with van der Waals surface area (Å²) in [5.41, 5.74) is 2.11. The molecule has 0 aliphatic carbocycles. The monoisotopic (exact) mass is 374 g/mol. The summed E-state index contributed by atoms with van der Waals surface area (Å²) in [7, 11) is 0. The summed E-state index contributed by atoms with van der Waals surface area (Å²) in [4.78, 5) is 1.18. The van der Waals surface area contributed by atoms with Gasteiger partial charge in [-0.25, -0.2) is 0 Å². The molecule has 1 heterocycles. The minimum absolute atomic E-state index is 0.447. The fraction of sp³-hybridized carbons (Fsp3) is 0.231. The number of rotatable bonds is 3. The summed E-state index contributed by atoms with van der Waals surface area (Å²) in [5.74, 6) is 0. The van der Waals surface area contributed by atoms with E-state index in [4.69, 9.17) is 0 Å². The number of aryl methyl sites for hydroxylation is 1. The second-order valence-corrected chi connectivity index (χ2v) is 6.84. The normalized spacial score (nSPS) is 12.7. The second-order valence-electron chi connectivity index (χ2n) is 4.01. The molecular weight excluding hydrogens is 364 g/mol. The van der Waals surface area contributed by atoms with Gasteiger partial charge in [-0.1, -0.05) is 22.0 Å². The second kappa shape index (κ2) is 5.65. The zero-order chi connectivity index (χ0) is 12.4. The smallest absolute Gasteiger partial charge is 0.0838 e. The van der Waals surface area contributed by atoms with E-state index < -0.39 is 6.10 Å². The number of thiophene rings is 1. The number of aliphatic hydroxyl groups is 1. The van der Waals surface area contributed by atoms with Crippen molar-refractivity contribution in [1.29, 1.82) is 0 Å². The van der Waals surface area contributed by atoms with Crippen LogP contribution in [0.15, 0.2) is 38.6 Å². The average molecular weight is 376 g/mol. The fourth-order valence-corrected chi connectivity index (χ4v) is 3.84. The molecule has 1 N–H and O–H groups in total. The van der Waals surface area contributed by atoms with Gasteiger partial charge in [-0.3, -0.25) is 0 Å². The lowest BCUT2D eigenvalue weighted by Gasteiger charge is -2.11. The van der Waals surface area contributed by atoms with E-state index in [2.05, 4.69) is 37.9 Å². The van der Waals surface area contributed by atoms with Crippen LogP contribution in [0.3, 0.4) is 0 Å². The number of benzene rings is 1. The quantitative estimate of drug-likeness (QED) is 0.812. The maximum Gasteiger partial charge on any atom is 0.0838 e. The maximum atomic E-state index is 10.2. The van der Waals surface area contributed by atoms with Crippen LogP contribution in [0.1, 0.15) is 22.1 Å². The molecule has 0 saturated heterocycles. The van der Waals surface area contributed by atoms with Crippen molar-refractivity contribution in [2.75, 3.05) is 0 Å². The van der Waals surface area contributed by atoms with Crippen LogP contribution in [0.4, 0.5) is 0 Å². The van der Waals surface area contributed by atoms with Gasteiger partial charge in [0.25, 0.3) is 0 Å². The molecule has 17 heavy (non-hydrogen) atoms. The standard InChI is InChI=1S/C13H12Br2OS/c1-8-2-9(4-10(14)3-8)13(16)6-12-5-11(15)7-17-12/h2-5,7,13,16H,6H2,1H3. The van der Waals surface area contributed by atoms with E-state index in [0.717, 1.165) is 20.1 Å². The van der Waals surface area contributed by atoms with E-state index in [9.17, 15) is 5.11 Å². The Morgan fingerprint density at radius 1 is 1.18 bits per heavy atom. The highest BCUT2D eigenvalue weighted by Crippen LogP contribution is 2.27. The SMILES string of the molecule is Cc1cc(Br)cc(C(O)Cc2cc(Br)cs2)c1. The lowest BCUT2D eigenvalue weighted by Crippen LogP contribution is -2.01. The first-order valence-electron chi connectivity index (χ1n) is 5.22. The van der Waals surface area contributed by atoms with E-state index in [-0.39, 0.29) is 0 Å². The number of hydrogen-bond donors (Lipinski definition) is 1. The van der Waals surface area contributed by atoms with Crippen molar-refractivity contribution in [2.45, 2.75) is 19.4 Å². The van der Waals surface area contributed by atoms with Crippen LogP contribution in [0, 0.1) is 6.92 Å². The number of hydrogen-bond acceptors (Lipinski definition) is 2. The van der Waals surface area contributed by atoms with E-state index in [1.165, 1.54) is 4.88 Å². The topological polar surface area (TPSA) is 20.2 Å². The summed E-state index contributed by atoms with van der Waals surface area (Å²) in [5, 5.41) is 12.2. The van der Waals surface area contributed by atoms with Crippen molar-refractivity contribution in [3.63, 3.8) is 0 Å². The van der Waals surface area contributed by atoms with E-state index in [0.29, 0.717) is 6.42 Å². The first-order valence-corrected chi connectivity index (χ1v) is 7.69. The molecule has 0 saturated carbocycles. The van der Waals surface area contributed by atoms with Crippen LogP contribution < -0.4 is 0 Å². The third kappa shape index (κ3) is 3.65. The molecule has 0 fully saturated rings. The molecule has 1 aromatic heterocycles. The average Bonchev–Trinajstić information content (AvgIpc) is 2.62. The molecule has 0 radical (unpaired) electrons. The Labute approximate surface area is 122 Å². The van der Waals surface area contributed by atoms with E-state index in [1.807, 2.05) is 30.5 Å². The van der Waals surface area contributed by atoms with Crippen molar-refractivity contribution < 1.29 is 5.11 Å². The lowest BCUT2D eigenvalue weighted by atomic mass is 10.0. The summed E-state index contributed by atoms with van der Waals surface area (Å²) in [6.07, 6.45) is 0.211. The molecule has 0 aliphatic rings. The molecule has 0 bridgehead atoms. The van der Waals surface area contributed by atoms with Crippen LogP contribution in [-0.2, 0) is 6.42 Å². The zero-order valence-electron chi connectivity index (χ0n) is 9.28. The van der Waals surface area contributed by atoms with Crippen LogP contribution in [-0.4, -0.2) is 5.11 Å². The predicted molar refractivity (Wildman–Crippen MR) is 79.6 cm³/mol. The van der Waals surface area contributed by atoms with Crippen LogP contribution in [0.2, 0.25) is 0 Å². The minimum Gasteiger partial charge on any atom is -0.388 e. The van der Waals surface area contributed by atoms with Gasteiger partial charge in [0.1, 0.15) is 0 Å². The molecule has 0 spiro atoms. The molecule has 90 valence electrons. The highest BCUT2D eigenvalue weighted by Gasteiger charge is 2.11. The Morgan fingerprint density at radius 3 is 2.53 bits per heavy atom. The predicted octanol–water partition coefficient (Wildman–Crippen LogP) is 4.86. The third-order valence-electron chi connectivity index (χ3n) is 2.47. The molecule has 1 aromatic carbocycles. The molecular formula is C13H12Br2OS. The van der Waals surface area contributed by atoms with Crippen molar-refractivity contribution in [3.8, 4) is 0 Å². The Morgan fingerprint density at radius 2 is 1.94 bits per heavy atom. The first-order chi connectivity index (χ1) is 8.04. The molecule has 0 amide bonds. The maximum absolute atomic E-state index is 10.2. The van der Waals surface area contributed by atoms with Gasteiger partial charge in [0, 0.05) is 25.6 Å².